The third-order valence-electron chi connectivity index (χ3n) is 4.00. The first-order chi connectivity index (χ1) is 9.11. The van der Waals surface area contributed by atoms with E-state index in [1.165, 1.54) is 16.7 Å². The molecule has 1 atom stereocenters. The lowest BCUT2D eigenvalue weighted by Gasteiger charge is -2.27. The van der Waals surface area contributed by atoms with Gasteiger partial charge in [-0.2, -0.15) is 0 Å². The summed E-state index contributed by atoms with van der Waals surface area (Å²) in [4.78, 5) is 0. The number of rotatable bonds is 6. The monoisotopic (exact) mass is 255 g/mol. The van der Waals surface area contributed by atoms with E-state index >= 15 is 0 Å². The van der Waals surface area contributed by atoms with Gasteiger partial charge in [-0.05, 0) is 43.2 Å². The second-order valence-electron chi connectivity index (χ2n) is 5.76. The van der Waals surface area contributed by atoms with Crippen LogP contribution in [0.5, 0.6) is 0 Å². The van der Waals surface area contributed by atoms with Crippen molar-refractivity contribution in [1.29, 1.82) is 0 Å². The summed E-state index contributed by atoms with van der Waals surface area (Å²) in [5.74, 6) is 0.614. The lowest BCUT2D eigenvalue weighted by atomic mass is 9.91. The second-order valence-corrected chi connectivity index (χ2v) is 5.76. The summed E-state index contributed by atoms with van der Waals surface area (Å²) < 4.78 is 0. The number of benzene rings is 1. The van der Waals surface area contributed by atoms with E-state index in [4.69, 9.17) is 0 Å². The van der Waals surface area contributed by atoms with Crippen LogP contribution in [0.3, 0.4) is 0 Å². The average Bonchev–Trinajstić information content (AvgIpc) is 2.79. The summed E-state index contributed by atoms with van der Waals surface area (Å²) in [7, 11) is 0. The number of fused-ring (bicyclic) bond motifs is 1. The first-order valence-electron chi connectivity index (χ1n) is 7.28. The van der Waals surface area contributed by atoms with Crippen LogP contribution in [0.15, 0.2) is 48.7 Å². The molecule has 0 spiro atoms. The molecule has 1 aliphatic rings. The van der Waals surface area contributed by atoms with Gasteiger partial charge in [-0.15, -0.1) is 0 Å². The van der Waals surface area contributed by atoms with E-state index in [1.807, 2.05) is 0 Å². The maximum atomic E-state index is 4.17. The molecule has 0 fully saturated rings. The number of hydrogen-bond acceptors (Lipinski definition) is 1. The zero-order chi connectivity index (χ0) is 13.8. The van der Waals surface area contributed by atoms with Gasteiger partial charge in [-0.1, -0.05) is 56.3 Å². The number of hydrogen-bond donors (Lipinski definition) is 1. The van der Waals surface area contributed by atoms with Crippen LogP contribution in [-0.2, 0) is 12.8 Å². The zero-order valence-electron chi connectivity index (χ0n) is 12.2. The van der Waals surface area contributed by atoms with Crippen LogP contribution in [0.1, 0.15) is 37.8 Å². The minimum Gasteiger partial charge on any atom is -0.382 e. The Kier molecular flexibility index (Phi) is 4.47. The molecule has 0 amide bonds. The highest BCUT2D eigenvalue weighted by Gasteiger charge is 2.28. The molecule has 0 aliphatic heterocycles. The standard InChI is InChI=1S/C18H25N/c1-5-8-14(4)19-18(13(2)3)17-11-15-9-6-7-10-16(15)12-17/h6-7,9-10,17-19H,2,4-5,8,11-12H2,1,3H3. The third kappa shape index (κ3) is 3.28. The van der Waals surface area contributed by atoms with E-state index in [0.29, 0.717) is 12.0 Å². The van der Waals surface area contributed by atoms with Crippen LogP contribution in [0, 0.1) is 5.92 Å². The third-order valence-corrected chi connectivity index (χ3v) is 4.00. The Morgan fingerprint density at radius 1 is 1.26 bits per heavy atom. The lowest BCUT2D eigenvalue weighted by Crippen LogP contribution is -2.36. The van der Waals surface area contributed by atoms with Crippen molar-refractivity contribution in [3.63, 3.8) is 0 Å². The quantitative estimate of drug-likeness (QED) is 0.749. The van der Waals surface area contributed by atoms with Crippen molar-refractivity contribution in [3.05, 3.63) is 59.8 Å². The van der Waals surface area contributed by atoms with Crippen molar-refractivity contribution in [2.45, 2.75) is 45.6 Å². The largest absolute Gasteiger partial charge is 0.382 e. The fourth-order valence-electron chi connectivity index (χ4n) is 3.07. The van der Waals surface area contributed by atoms with Crippen LogP contribution < -0.4 is 5.32 Å². The Morgan fingerprint density at radius 3 is 2.32 bits per heavy atom. The molecule has 1 aliphatic carbocycles. The van der Waals surface area contributed by atoms with E-state index in [9.17, 15) is 0 Å². The van der Waals surface area contributed by atoms with Crippen molar-refractivity contribution in [2.75, 3.05) is 0 Å². The molecule has 102 valence electrons. The molecule has 1 aromatic carbocycles. The van der Waals surface area contributed by atoms with Crippen LogP contribution >= 0.6 is 0 Å². The Bertz CT molecular complexity index is 447. The molecule has 1 nitrogen and oxygen atoms in total. The SMILES string of the molecule is C=C(CCC)NC(C(=C)C)C1Cc2ccccc2C1. The Morgan fingerprint density at radius 2 is 1.84 bits per heavy atom. The van der Waals surface area contributed by atoms with Crippen LogP contribution in [0.25, 0.3) is 0 Å². The normalized spacial score (nSPS) is 15.9. The van der Waals surface area contributed by atoms with E-state index in [-0.39, 0.29) is 0 Å². The van der Waals surface area contributed by atoms with Crippen molar-refractivity contribution >= 4 is 0 Å². The molecule has 0 heterocycles. The van der Waals surface area contributed by atoms with Gasteiger partial charge in [0.1, 0.15) is 0 Å². The van der Waals surface area contributed by atoms with Crippen LogP contribution in [0.4, 0.5) is 0 Å². The topological polar surface area (TPSA) is 12.0 Å². The maximum Gasteiger partial charge on any atom is 0.0499 e. The molecule has 0 bridgehead atoms. The van der Waals surface area contributed by atoms with Crippen molar-refractivity contribution in [3.8, 4) is 0 Å². The van der Waals surface area contributed by atoms with Crippen molar-refractivity contribution in [2.24, 2.45) is 5.92 Å². The predicted molar refractivity (Wildman–Crippen MR) is 83.1 cm³/mol. The molecule has 1 heteroatoms. The molecule has 0 saturated carbocycles. The second kappa shape index (κ2) is 6.10. The van der Waals surface area contributed by atoms with Gasteiger partial charge in [0.25, 0.3) is 0 Å². The summed E-state index contributed by atoms with van der Waals surface area (Å²) in [5.41, 5.74) is 5.37. The number of nitrogens with one attached hydrogen (secondary N) is 1. The first kappa shape index (κ1) is 13.9. The van der Waals surface area contributed by atoms with Gasteiger partial charge in [-0.3, -0.25) is 0 Å². The summed E-state index contributed by atoms with van der Waals surface area (Å²) >= 11 is 0. The minimum atomic E-state index is 0.353. The van der Waals surface area contributed by atoms with Gasteiger partial charge in [-0.25, -0.2) is 0 Å². The Hall–Kier alpha value is -1.50. The predicted octanol–water partition coefficient (Wildman–Crippen LogP) is 4.25. The van der Waals surface area contributed by atoms with Gasteiger partial charge < -0.3 is 5.32 Å². The molecule has 1 aromatic rings. The van der Waals surface area contributed by atoms with Crippen LogP contribution in [0.2, 0.25) is 0 Å². The summed E-state index contributed by atoms with van der Waals surface area (Å²) in [6, 6.07) is 9.14. The fourth-order valence-corrected chi connectivity index (χ4v) is 3.07. The average molecular weight is 255 g/mol. The number of allylic oxidation sites excluding steroid dienone is 1. The summed E-state index contributed by atoms with van der Waals surface area (Å²) in [6.07, 6.45) is 4.49. The zero-order valence-corrected chi connectivity index (χ0v) is 12.2. The lowest BCUT2D eigenvalue weighted by molar-refractivity contribution is 0.427. The van der Waals surface area contributed by atoms with Crippen molar-refractivity contribution < 1.29 is 0 Å². The van der Waals surface area contributed by atoms with Gasteiger partial charge >= 0.3 is 0 Å². The Balaban J connectivity index is 2.06. The van der Waals surface area contributed by atoms with Gasteiger partial charge in [0.05, 0.1) is 0 Å². The van der Waals surface area contributed by atoms with Crippen LogP contribution in [-0.4, -0.2) is 6.04 Å². The highest BCUT2D eigenvalue weighted by molar-refractivity contribution is 5.34. The van der Waals surface area contributed by atoms with E-state index < -0.39 is 0 Å². The van der Waals surface area contributed by atoms with E-state index in [0.717, 1.165) is 31.4 Å². The Labute approximate surface area is 117 Å². The van der Waals surface area contributed by atoms with Gasteiger partial charge in [0.2, 0.25) is 0 Å². The highest BCUT2D eigenvalue weighted by Crippen LogP contribution is 2.31. The summed E-state index contributed by atoms with van der Waals surface area (Å²) in [6.45, 7) is 12.6. The first-order valence-corrected chi connectivity index (χ1v) is 7.28. The fraction of sp³-hybridized carbons (Fsp3) is 0.444. The molecule has 0 aromatic heterocycles. The van der Waals surface area contributed by atoms with E-state index in [2.05, 4.69) is 56.6 Å². The molecule has 19 heavy (non-hydrogen) atoms. The van der Waals surface area contributed by atoms with Crippen molar-refractivity contribution in [1.82, 2.24) is 5.32 Å². The minimum absolute atomic E-state index is 0.353. The van der Waals surface area contributed by atoms with Gasteiger partial charge in [0.15, 0.2) is 0 Å². The van der Waals surface area contributed by atoms with E-state index in [1.54, 1.807) is 0 Å². The molecule has 1 N–H and O–H groups in total. The molecule has 0 radical (unpaired) electrons. The smallest absolute Gasteiger partial charge is 0.0499 e. The molecule has 1 unspecified atom stereocenters. The molecule has 2 rings (SSSR count). The molecular formula is C18H25N. The molecular weight excluding hydrogens is 230 g/mol. The molecule has 0 saturated heterocycles. The van der Waals surface area contributed by atoms with Gasteiger partial charge in [0, 0.05) is 11.7 Å². The highest BCUT2D eigenvalue weighted by atomic mass is 14.9. The maximum absolute atomic E-state index is 4.17. The summed E-state index contributed by atoms with van der Waals surface area (Å²) in [5, 5.41) is 3.60.